The molecular weight excluding hydrogens is 597 g/mol. The molecule has 0 saturated heterocycles. The van der Waals surface area contributed by atoms with E-state index >= 15 is 0 Å². The van der Waals surface area contributed by atoms with Crippen LogP contribution in [0.3, 0.4) is 0 Å². The van der Waals surface area contributed by atoms with Gasteiger partial charge in [0.2, 0.25) is 47.6 Å². The van der Waals surface area contributed by atoms with Crippen molar-refractivity contribution in [2.24, 2.45) is 0 Å². The molecule has 0 aliphatic rings. The quantitative estimate of drug-likeness (QED) is 0.107. The predicted octanol–water partition coefficient (Wildman–Crippen LogP) is -4.10. The van der Waals surface area contributed by atoms with Crippen LogP contribution >= 0.6 is 0 Å². The van der Waals surface area contributed by atoms with Gasteiger partial charge in [0.1, 0.15) is 0 Å². The van der Waals surface area contributed by atoms with Crippen molar-refractivity contribution in [3.8, 4) is 0 Å². The molecule has 0 saturated carbocycles. The zero-order valence-corrected chi connectivity index (χ0v) is 29.7. The second-order valence-electron chi connectivity index (χ2n) is 7.24. The fourth-order valence-electron chi connectivity index (χ4n) is 2.24. The molecule has 0 aliphatic carbocycles. The third kappa shape index (κ3) is 7.58. The Morgan fingerprint density at radius 3 is 1.57 bits per heavy atom. The smallest absolute Gasteiger partial charge is 0.418 e. The highest BCUT2D eigenvalue weighted by Gasteiger charge is 2.77. The van der Waals surface area contributed by atoms with Gasteiger partial charge in [-0.3, -0.25) is 0 Å². The molecule has 0 fully saturated rings. The summed E-state index contributed by atoms with van der Waals surface area (Å²) >= 11 is 0. The molecule has 30 heavy (non-hydrogen) atoms. The van der Waals surface area contributed by atoms with Crippen LogP contribution in [0.1, 0.15) is 0 Å². The van der Waals surface area contributed by atoms with Gasteiger partial charge in [0.15, 0.2) is 8.32 Å². The van der Waals surface area contributed by atoms with Crippen molar-refractivity contribution in [2.75, 3.05) is 7.11 Å². The van der Waals surface area contributed by atoms with Gasteiger partial charge in [0.25, 0.3) is 13.7 Å². The lowest BCUT2D eigenvalue weighted by Crippen LogP contribution is -2.92. The average molecular weight is 623 g/mol. The lowest BCUT2D eigenvalue weighted by atomic mass is 11.8. The summed E-state index contributed by atoms with van der Waals surface area (Å²) in [6.07, 6.45) is 0. The van der Waals surface area contributed by atoms with E-state index in [4.69, 9.17) is 25.0 Å². The molecule has 0 rings (SSSR count). The molecule has 1 atom stereocenters. The molecule has 23 heteroatoms. The van der Waals surface area contributed by atoms with E-state index in [1.54, 1.807) is 19.6 Å². The van der Waals surface area contributed by atoms with Gasteiger partial charge in [-0.2, -0.15) is 0 Å². The fraction of sp³-hybridized carbons (Fsp3) is 1.00. The van der Waals surface area contributed by atoms with E-state index in [1.807, 2.05) is 19.6 Å². The highest BCUT2D eigenvalue weighted by molar-refractivity contribution is 7.96. The molecule has 0 aromatic carbocycles. The van der Waals surface area contributed by atoms with Gasteiger partial charge in [-0.05, 0) is 39.3 Å². The first-order chi connectivity index (χ1) is 13.7. The topological polar surface area (TPSA) is 157 Å². The molecule has 0 heterocycles. The molecule has 0 amide bonds. The van der Waals surface area contributed by atoms with E-state index < -0.39 is 94.6 Å². The van der Waals surface area contributed by atoms with Crippen molar-refractivity contribution in [3.63, 3.8) is 0 Å². The lowest BCUT2D eigenvalue weighted by Gasteiger charge is -2.52. The Hall–Kier alpha value is 2.16. The highest BCUT2D eigenvalue weighted by atomic mass is 30.2. The van der Waals surface area contributed by atoms with E-state index in [0.717, 1.165) is 0 Å². The van der Waals surface area contributed by atoms with E-state index in [1.165, 1.54) is 7.11 Å². The van der Waals surface area contributed by atoms with E-state index in [0.29, 0.717) is 0 Å². The summed E-state index contributed by atoms with van der Waals surface area (Å²) in [4.78, 5) is 51.3. The highest BCUT2D eigenvalue weighted by Crippen LogP contribution is 2.33. The SMILES string of the molecule is CO[Si](C)(C)O[Si](O[Si](C)O[Si](C)(C)C)([Si](O[Si])([Si]O)[Si]O)[Si](O[Si]O)([Si]O)[Si]O. The first kappa shape index (κ1) is 32.2. The number of hydrogen-bond donors (Lipinski definition) is 5. The molecule has 5 N–H and O–H groups in total. The summed E-state index contributed by atoms with van der Waals surface area (Å²) in [6, 6.07) is 0. The van der Waals surface area contributed by atoms with Crippen LogP contribution < -0.4 is 0 Å². The molecule has 168 valence electrons. The molecule has 11 nitrogen and oxygen atoms in total. The summed E-state index contributed by atoms with van der Waals surface area (Å²) < 4.78 is 35.9. The van der Waals surface area contributed by atoms with Crippen LogP contribution in [0.5, 0.6) is 0 Å². The first-order valence-electron chi connectivity index (χ1n) is 8.27. The number of hydrogen-bond acceptors (Lipinski definition) is 11. The number of rotatable bonds is 16. The van der Waals surface area contributed by atoms with Crippen molar-refractivity contribution in [1.29, 1.82) is 0 Å². The normalized spacial score (nSPS) is 16.2. The van der Waals surface area contributed by atoms with Crippen LogP contribution in [0.4, 0.5) is 0 Å². The van der Waals surface area contributed by atoms with Crippen molar-refractivity contribution >= 4 is 105 Å². The van der Waals surface area contributed by atoms with Gasteiger partial charge in [-0.25, -0.2) is 0 Å². The fourth-order valence-corrected chi connectivity index (χ4v) is 101. The molecule has 0 bridgehead atoms. The standard InChI is InChI=1S/C7H26O11Si12/c1-13-27(6,7)18-28(29(14-19,21-9)22-10,17-25(2)16-26(3,4)5)30(23-11,24-12)15-20-8/h8-12H,1-7H3. The van der Waals surface area contributed by atoms with Crippen LogP contribution in [0, 0.1) is 0 Å². The van der Waals surface area contributed by atoms with E-state index in [-0.39, 0.29) is 0 Å². The molecule has 0 aliphatic heterocycles. The van der Waals surface area contributed by atoms with Gasteiger partial charge in [-0.15, -0.1) is 0 Å². The predicted molar refractivity (Wildman–Crippen MR) is 128 cm³/mol. The third-order valence-corrected chi connectivity index (χ3v) is 73.2. The monoisotopic (exact) mass is 622 g/mol. The maximum atomic E-state index is 10.4. The first-order valence-corrected chi connectivity index (χ1v) is 33.0. The van der Waals surface area contributed by atoms with Crippen molar-refractivity contribution in [2.45, 2.75) is 39.3 Å². The largest absolute Gasteiger partial charge is 0.457 e. The van der Waals surface area contributed by atoms with Crippen LogP contribution in [-0.2, 0) is 25.0 Å². The summed E-state index contributed by atoms with van der Waals surface area (Å²) in [6.45, 7) is 3.53. The minimum absolute atomic E-state index is 0.927. The molecule has 1 unspecified atom stereocenters. The minimum Gasteiger partial charge on any atom is -0.457 e. The van der Waals surface area contributed by atoms with Gasteiger partial charge in [0.05, 0.1) is 0 Å². The second-order valence-corrected chi connectivity index (χ2v) is 54.6. The molecule has 14 radical (unpaired) electrons. The van der Waals surface area contributed by atoms with Crippen molar-refractivity contribution in [3.05, 3.63) is 0 Å². The van der Waals surface area contributed by atoms with Gasteiger partial charge >= 0.3 is 35.4 Å². The summed E-state index contributed by atoms with van der Waals surface area (Å²) in [5, 5.41) is 0. The average Bonchev–Trinajstić information content (AvgIpc) is 2.65. The van der Waals surface area contributed by atoms with Crippen molar-refractivity contribution in [1.82, 2.24) is 0 Å². The minimum atomic E-state index is -4.13. The Balaban J connectivity index is 7.05. The van der Waals surface area contributed by atoms with Gasteiger partial charge < -0.3 is 49.0 Å². The summed E-state index contributed by atoms with van der Waals surface area (Å²) in [5.41, 5.74) is 0. The maximum Gasteiger partial charge on any atom is 0.418 e. The Morgan fingerprint density at radius 2 is 1.27 bits per heavy atom. The van der Waals surface area contributed by atoms with Crippen LogP contribution in [0.2, 0.25) is 39.3 Å². The van der Waals surface area contributed by atoms with Crippen molar-refractivity contribution < 1.29 is 49.0 Å². The van der Waals surface area contributed by atoms with E-state index in [9.17, 15) is 24.0 Å². The third-order valence-electron chi connectivity index (χ3n) is 3.53. The molecule has 0 spiro atoms. The summed E-state index contributed by atoms with van der Waals surface area (Å²) in [5.74, 6) is 0. The van der Waals surface area contributed by atoms with Gasteiger partial charge in [-0.1, -0.05) is 0 Å². The molecule has 0 aromatic rings. The maximum absolute atomic E-state index is 10.4. The Morgan fingerprint density at radius 1 is 0.800 bits per heavy atom. The lowest BCUT2D eigenvalue weighted by molar-refractivity contribution is 0.279. The zero-order chi connectivity index (χ0) is 23.9. The van der Waals surface area contributed by atoms with E-state index in [2.05, 4.69) is 10.5 Å². The van der Waals surface area contributed by atoms with Crippen LogP contribution in [-0.4, -0.2) is 136 Å². The molecule has 0 aromatic heterocycles. The Bertz CT molecular complexity index is 493. The molecular formula is C7H26O11Si12. The Kier molecular flexibility index (Phi) is 14.3. The van der Waals surface area contributed by atoms with Crippen LogP contribution in [0.25, 0.3) is 0 Å². The Labute approximate surface area is 199 Å². The summed E-state index contributed by atoms with van der Waals surface area (Å²) in [7, 11) is -11.6. The second kappa shape index (κ2) is 13.3. The van der Waals surface area contributed by atoms with Gasteiger partial charge in [0, 0.05) is 7.11 Å². The zero-order valence-electron chi connectivity index (χ0n) is 17.7. The van der Waals surface area contributed by atoms with Crippen LogP contribution in [0.15, 0.2) is 0 Å².